The van der Waals surface area contributed by atoms with Gasteiger partial charge in [0.25, 0.3) is 0 Å². The molecule has 0 saturated carbocycles. The Balaban J connectivity index is 2.11. The van der Waals surface area contributed by atoms with E-state index >= 15 is 0 Å². The third-order valence-electron chi connectivity index (χ3n) is 2.25. The topological polar surface area (TPSA) is 48.1 Å². The molecule has 2 rings (SSSR count). The first kappa shape index (κ1) is 10.6. The van der Waals surface area contributed by atoms with Gasteiger partial charge in [-0.2, -0.15) is 0 Å². The Bertz CT molecular complexity index is 437. The summed E-state index contributed by atoms with van der Waals surface area (Å²) in [6.07, 6.45) is 1.74. The maximum Gasteiger partial charge on any atom is 0.219 e. The molecule has 16 heavy (non-hydrogen) atoms. The number of pyridine rings is 1. The maximum absolute atomic E-state index is 5.74. The summed E-state index contributed by atoms with van der Waals surface area (Å²) in [5.74, 6) is 1.36. The van der Waals surface area contributed by atoms with E-state index < -0.39 is 0 Å². The predicted molar refractivity (Wildman–Crippen MR) is 63.4 cm³/mol. The highest BCUT2D eigenvalue weighted by molar-refractivity contribution is 5.28. The summed E-state index contributed by atoms with van der Waals surface area (Å²) in [4.78, 5) is 4.19. The van der Waals surface area contributed by atoms with Crippen molar-refractivity contribution < 1.29 is 4.74 Å². The SMILES string of the molecule is C[C@@H](N)c1ccc(Oc2ccccc2)nc1. The molecule has 0 bridgehead atoms. The number of aromatic nitrogens is 1. The lowest BCUT2D eigenvalue weighted by Gasteiger charge is -2.07. The van der Waals surface area contributed by atoms with Gasteiger partial charge >= 0.3 is 0 Å². The molecule has 0 radical (unpaired) electrons. The molecule has 1 heterocycles. The smallest absolute Gasteiger partial charge is 0.219 e. The van der Waals surface area contributed by atoms with Crippen molar-refractivity contribution in [1.82, 2.24) is 4.98 Å². The second-order valence-corrected chi connectivity index (χ2v) is 3.63. The highest BCUT2D eigenvalue weighted by atomic mass is 16.5. The highest BCUT2D eigenvalue weighted by Gasteiger charge is 2.01. The fraction of sp³-hybridized carbons (Fsp3) is 0.154. The van der Waals surface area contributed by atoms with Crippen molar-refractivity contribution in [3.8, 4) is 11.6 Å². The monoisotopic (exact) mass is 214 g/mol. The van der Waals surface area contributed by atoms with Gasteiger partial charge in [0.2, 0.25) is 5.88 Å². The number of benzene rings is 1. The lowest BCUT2D eigenvalue weighted by atomic mass is 10.2. The Morgan fingerprint density at radius 1 is 1.12 bits per heavy atom. The van der Waals surface area contributed by atoms with Crippen LogP contribution < -0.4 is 10.5 Å². The van der Waals surface area contributed by atoms with Crippen LogP contribution in [-0.2, 0) is 0 Å². The number of para-hydroxylation sites is 1. The van der Waals surface area contributed by atoms with Gasteiger partial charge in [-0.3, -0.25) is 0 Å². The van der Waals surface area contributed by atoms with Crippen LogP contribution in [0.3, 0.4) is 0 Å². The summed E-state index contributed by atoms with van der Waals surface area (Å²) in [5.41, 5.74) is 6.74. The minimum atomic E-state index is -0.00160. The zero-order chi connectivity index (χ0) is 11.4. The first-order valence-electron chi connectivity index (χ1n) is 5.20. The van der Waals surface area contributed by atoms with Crippen LogP contribution in [0.25, 0.3) is 0 Å². The van der Waals surface area contributed by atoms with E-state index in [1.165, 1.54) is 0 Å². The summed E-state index contributed by atoms with van der Waals surface area (Å²) in [5, 5.41) is 0. The highest BCUT2D eigenvalue weighted by Crippen LogP contribution is 2.19. The molecule has 1 aromatic heterocycles. The molecule has 0 unspecified atom stereocenters. The van der Waals surface area contributed by atoms with Crippen molar-refractivity contribution in [2.45, 2.75) is 13.0 Å². The average molecular weight is 214 g/mol. The molecule has 82 valence electrons. The molecular formula is C13H14N2O. The summed E-state index contributed by atoms with van der Waals surface area (Å²) in [6.45, 7) is 1.93. The van der Waals surface area contributed by atoms with Crippen molar-refractivity contribution >= 4 is 0 Å². The molecule has 2 N–H and O–H groups in total. The van der Waals surface area contributed by atoms with E-state index in [0.717, 1.165) is 11.3 Å². The molecule has 0 amide bonds. The third-order valence-corrected chi connectivity index (χ3v) is 2.25. The van der Waals surface area contributed by atoms with Crippen molar-refractivity contribution in [2.75, 3.05) is 0 Å². The minimum Gasteiger partial charge on any atom is -0.439 e. The van der Waals surface area contributed by atoms with Gasteiger partial charge in [0.15, 0.2) is 0 Å². The van der Waals surface area contributed by atoms with Crippen molar-refractivity contribution in [3.05, 3.63) is 54.2 Å². The van der Waals surface area contributed by atoms with Crippen molar-refractivity contribution in [2.24, 2.45) is 5.73 Å². The summed E-state index contributed by atoms with van der Waals surface area (Å²) >= 11 is 0. The lowest BCUT2D eigenvalue weighted by Crippen LogP contribution is -2.05. The lowest BCUT2D eigenvalue weighted by molar-refractivity contribution is 0.462. The van der Waals surface area contributed by atoms with Gasteiger partial charge in [-0.05, 0) is 24.6 Å². The van der Waals surface area contributed by atoms with Crippen LogP contribution in [-0.4, -0.2) is 4.98 Å². The summed E-state index contributed by atoms with van der Waals surface area (Å²) < 4.78 is 5.56. The molecule has 3 heteroatoms. The van der Waals surface area contributed by atoms with Crippen LogP contribution >= 0.6 is 0 Å². The molecular weight excluding hydrogens is 200 g/mol. The van der Waals surface area contributed by atoms with Crippen LogP contribution in [0.4, 0.5) is 0 Å². The number of nitrogens with two attached hydrogens (primary N) is 1. The van der Waals surface area contributed by atoms with Crippen LogP contribution in [0.15, 0.2) is 48.7 Å². The van der Waals surface area contributed by atoms with E-state index in [2.05, 4.69) is 4.98 Å². The third kappa shape index (κ3) is 2.58. The van der Waals surface area contributed by atoms with Crippen LogP contribution in [0, 0.1) is 0 Å². The Kier molecular flexibility index (Phi) is 3.17. The molecule has 2 aromatic rings. The van der Waals surface area contributed by atoms with Crippen LogP contribution in [0.2, 0.25) is 0 Å². The molecule has 0 aliphatic carbocycles. The van der Waals surface area contributed by atoms with Gasteiger partial charge in [0.05, 0.1) is 0 Å². The first-order valence-corrected chi connectivity index (χ1v) is 5.20. The fourth-order valence-electron chi connectivity index (χ4n) is 1.33. The zero-order valence-corrected chi connectivity index (χ0v) is 9.13. The van der Waals surface area contributed by atoms with E-state index in [-0.39, 0.29) is 6.04 Å². The molecule has 3 nitrogen and oxygen atoms in total. The molecule has 0 spiro atoms. The van der Waals surface area contributed by atoms with Gasteiger partial charge < -0.3 is 10.5 Å². The van der Waals surface area contributed by atoms with Gasteiger partial charge in [0, 0.05) is 18.3 Å². The Labute approximate surface area is 94.9 Å². The fourth-order valence-corrected chi connectivity index (χ4v) is 1.33. The van der Waals surface area contributed by atoms with E-state index in [1.807, 2.05) is 49.4 Å². The van der Waals surface area contributed by atoms with E-state index in [9.17, 15) is 0 Å². The molecule has 1 aromatic carbocycles. The van der Waals surface area contributed by atoms with Crippen LogP contribution in [0.5, 0.6) is 11.6 Å². The molecule has 0 aliphatic rings. The quantitative estimate of drug-likeness (QED) is 0.854. The standard InChI is InChI=1S/C13H14N2O/c1-10(14)11-7-8-13(15-9-11)16-12-5-3-2-4-6-12/h2-10H,14H2,1H3/t10-/m1/s1. The molecule has 0 fully saturated rings. The number of hydrogen-bond acceptors (Lipinski definition) is 3. The molecule has 0 saturated heterocycles. The van der Waals surface area contributed by atoms with E-state index in [0.29, 0.717) is 5.88 Å². The number of rotatable bonds is 3. The van der Waals surface area contributed by atoms with Gasteiger partial charge in [-0.1, -0.05) is 24.3 Å². The van der Waals surface area contributed by atoms with Crippen LogP contribution in [0.1, 0.15) is 18.5 Å². The number of hydrogen-bond donors (Lipinski definition) is 1. The van der Waals surface area contributed by atoms with E-state index in [4.69, 9.17) is 10.5 Å². The van der Waals surface area contributed by atoms with Crippen molar-refractivity contribution in [3.63, 3.8) is 0 Å². The number of ether oxygens (including phenoxy) is 1. The first-order chi connectivity index (χ1) is 7.75. The number of nitrogens with zero attached hydrogens (tertiary/aromatic N) is 1. The zero-order valence-electron chi connectivity index (χ0n) is 9.13. The van der Waals surface area contributed by atoms with Gasteiger partial charge in [0.1, 0.15) is 5.75 Å². The van der Waals surface area contributed by atoms with E-state index in [1.54, 1.807) is 6.20 Å². The van der Waals surface area contributed by atoms with Gasteiger partial charge in [-0.15, -0.1) is 0 Å². The van der Waals surface area contributed by atoms with Gasteiger partial charge in [-0.25, -0.2) is 4.98 Å². The summed E-state index contributed by atoms with van der Waals surface area (Å²) in [6, 6.07) is 13.3. The molecule has 1 atom stereocenters. The Hall–Kier alpha value is -1.87. The largest absolute Gasteiger partial charge is 0.439 e. The predicted octanol–water partition coefficient (Wildman–Crippen LogP) is 2.89. The second kappa shape index (κ2) is 4.77. The second-order valence-electron chi connectivity index (χ2n) is 3.63. The maximum atomic E-state index is 5.74. The summed E-state index contributed by atoms with van der Waals surface area (Å²) in [7, 11) is 0. The Morgan fingerprint density at radius 2 is 1.88 bits per heavy atom. The Morgan fingerprint density at radius 3 is 2.44 bits per heavy atom. The minimum absolute atomic E-state index is 0.00160. The molecule has 0 aliphatic heterocycles. The van der Waals surface area contributed by atoms with Crippen molar-refractivity contribution in [1.29, 1.82) is 0 Å². The normalized spacial score (nSPS) is 12.1. The average Bonchev–Trinajstić information content (AvgIpc) is 2.31.